The van der Waals surface area contributed by atoms with E-state index in [4.69, 9.17) is 4.74 Å². The van der Waals surface area contributed by atoms with E-state index < -0.39 is 5.54 Å². The monoisotopic (exact) mass is 228 g/mol. The molecule has 0 aliphatic carbocycles. The van der Waals surface area contributed by atoms with Crippen LogP contribution in [0.25, 0.3) is 0 Å². The summed E-state index contributed by atoms with van der Waals surface area (Å²) in [7, 11) is 3.56. The summed E-state index contributed by atoms with van der Waals surface area (Å²) in [6.07, 6.45) is 1.67. The van der Waals surface area contributed by atoms with E-state index in [1.165, 1.54) is 7.11 Å². The molecule has 1 rings (SSSR count). The Labute approximate surface area is 98.3 Å². The van der Waals surface area contributed by atoms with Gasteiger partial charge in [0.2, 0.25) is 0 Å². The first kappa shape index (κ1) is 13.5. The quantitative estimate of drug-likeness (QED) is 0.725. The number of nitrogens with one attached hydrogen (secondary N) is 1. The van der Waals surface area contributed by atoms with Crippen molar-refractivity contribution in [3.8, 4) is 0 Å². The second kappa shape index (κ2) is 5.64. The normalized spacial score (nSPS) is 21.1. The van der Waals surface area contributed by atoms with Crippen LogP contribution in [0.5, 0.6) is 0 Å². The maximum atomic E-state index is 11.9. The maximum absolute atomic E-state index is 11.9. The standard InChI is InChI=1S/C12H24N2O2/c1-10(2)9-13-12(11(15)16-4)5-7-14(3)8-6-12/h10,13H,5-9H2,1-4H3. The molecule has 0 aromatic carbocycles. The zero-order valence-corrected chi connectivity index (χ0v) is 10.9. The van der Waals surface area contributed by atoms with Crippen LogP contribution in [-0.4, -0.2) is 50.2 Å². The van der Waals surface area contributed by atoms with Crippen molar-refractivity contribution in [3.05, 3.63) is 0 Å². The molecule has 4 heteroatoms. The number of esters is 1. The predicted octanol–water partition coefficient (Wildman–Crippen LogP) is 0.869. The predicted molar refractivity (Wildman–Crippen MR) is 64.3 cm³/mol. The van der Waals surface area contributed by atoms with Crippen LogP contribution in [0, 0.1) is 5.92 Å². The van der Waals surface area contributed by atoms with Crippen molar-refractivity contribution in [1.82, 2.24) is 10.2 Å². The number of hydrogen-bond donors (Lipinski definition) is 1. The van der Waals surface area contributed by atoms with Gasteiger partial charge in [-0.3, -0.25) is 4.79 Å². The van der Waals surface area contributed by atoms with Crippen molar-refractivity contribution < 1.29 is 9.53 Å². The SMILES string of the molecule is COC(=O)C1(NCC(C)C)CCN(C)CC1. The molecule has 0 spiro atoms. The number of methoxy groups -OCH3 is 1. The van der Waals surface area contributed by atoms with E-state index in [1.807, 2.05) is 0 Å². The Hall–Kier alpha value is -0.610. The Morgan fingerprint density at radius 1 is 1.44 bits per heavy atom. The summed E-state index contributed by atoms with van der Waals surface area (Å²) in [6, 6.07) is 0. The van der Waals surface area contributed by atoms with Gasteiger partial charge in [0.15, 0.2) is 0 Å². The minimum atomic E-state index is -0.453. The van der Waals surface area contributed by atoms with Gasteiger partial charge in [-0.15, -0.1) is 0 Å². The summed E-state index contributed by atoms with van der Waals surface area (Å²) in [5, 5.41) is 3.40. The topological polar surface area (TPSA) is 41.6 Å². The second-order valence-corrected chi connectivity index (χ2v) is 5.15. The first-order valence-corrected chi connectivity index (χ1v) is 6.02. The van der Waals surface area contributed by atoms with Crippen LogP contribution < -0.4 is 5.32 Å². The summed E-state index contributed by atoms with van der Waals surface area (Å²) in [6.45, 7) is 7.04. The number of carbonyl (C=O) groups is 1. The number of likely N-dealkylation sites (tertiary alicyclic amines) is 1. The van der Waals surface area contributed by atoms with Crippen LogP contribution in [0.15, 0.2) is 0 Å². The number of piperidine rings is 1. The van der Waals surface area contributed by atoms with Gasteiger partial charge < -0.3 is 15.0 Å². The molecule has 0 radical (unpaired) electrons. The van der Waals surface area contributed by atoms with E-state index >= 15 is 0 Å². The highest BCUT2D eigenvalue weighted by Crippen LogP contribution is 2.23. The van der Waals surface area contributed by atoms with Crippen molar-refractivity contribution >= 4 is 5.97 Å². The van der Waals surface area contributed by atoms with Crippen LogP contribution in [0.3, 0.4) is 0 Å². The van der Waals surface area contributed by atoms with Crippen molar-refractivity contribution in [3.63, 3.8) is 0 Å². The van der Waals surface area contributed by atoms with E-state index in [2.05, 4.69) is 31.1 Å². The van der Waals surface area contributed by atoms with Gasteiger partial charge in [-0.1, -0.05) is 13.8 Å². The van der Waals surface area contributed by atoms with E-state index in [0.29, 0.717) is 5.92 Å². The maximum Gasteiger partial charge on any atom is 0.326 e. The minimum Gasteiger partial charge on any atom is -0.468 e. The molecule has 94 valence electrons. The van der Waals surface area contributed by atoms with Crippen LogP contribution in [0.2, 0.25) is 0 Å². The van der Waals surface area contributed by atoms with E-state index in [0.717, 1.165) is 32.5 Å². The Balaban J connectivity index is 2.65. The van der Waals surface area contributed by atoms with Crippen LogP contribution in [0.4, 0.5) is 0 Å². The number of nitrogens with zero attached hydrogens (tertiary/aromatic N) is 1. The first-order valence-electron chi connectivity index (χ1n) is 6.02. The third-order valence-electron chi connectivity index (χ3n) is 3.27. The van der Waals surface area contributed by atoms with Gasteiger partial charge in [-0.25, -0.2) is 0 Å². The van der Waals surface area contributed by atoms with Crippen molar-refractivity contribution in [2.24, 2.45) is 5.92 Å². The smallest absolute Gasteiger partial charge is 0.326 e. The molecule has 16 heavy (non-hydrogen) atoms. The van der Waals surface area contributed by atoms with Crippen molar-refractivity contribution in [2.45, 2.75) is 32.2 Å². The Bertz CT molecular complexity index is 233. The Kier molecular flexibility index (Phi) is 4.74. The molecule has 1 fully saturated rings. The lowest BCUT2D eigenvalue weighted by atomic mass is 9.87. The molecule has 0 bridgehead atoms. The highest BCUT2D eigenvalue weighted by atomic mass is 16.5. The largest absolute Gasteiger partial charge is 0.468 e. The molecule has 1 aliphatic rings. The fraction of sp³-hybridized carbons (Fsp3) is 0.917. The molecule has 0 saturated carbocycles. The van der Waals surface area contributed by atoms with Gasteiger partial charge in [-0.05, 0) is 32.4 Å². The molecule has 0 atom stereocenters. The van der Waals surface area contributed by atoms with Gasteiger partial charge in [-0.2, -0.15) is 0 Å². The molecule has 1 heterocycles. The Morgan fingerprint density at radius 3 is 2.44 bits per heavy atom. The third kappa shape index (κ3) is 3.19. The van der Waals surface area contributed by atoms with Crippen molar-refractivity contribution in [2.75, 3.05) is 33.8 Å². The fourth-order valence-corrected chi connectivity index (χ4v) is 2.05. The first-order chi connectivity index (χ1) is 7.50. The van der Waals surface area contributed by atoms with E-state index in [9.17, 15) is 4.79 Å². The van der Waals surface area contributed by atoms with Crippen LogP contribution in [0.1, 0.15) is 26.7 Å². The lowest BCUT2D eigenvalue weighted by Gasteiger charge is -2.39. The number of rotatable bonds is 4. The van der Waals surface area contributed by atoms with E-state index in [-0.39, 0.29) is 5.97 Å². The average molecular weight is 228 g/mol. The third-order valence-corrected chi connectivity index (χ3v) is 3.27. The van der Waals surface area contributed by atoms with Gasteiger partial charge in [0.05, 0.1) is 7.11 Å². The molecule has 0 amide bonds. The second-order valence-electron chi connectivity index (χ2n) is 5.15. The molecular weight excluding hydrogens is 204 g/mol. The van der Waals surface area contributed by atoms with Gasteiger partial charge in [0, 0.05) is 13.1 Å². The molecule has 4 nitrogen and oxygen atoms in total. The molecule has 0 aromatic rings. The summed E-state index contributed by atoms with van der Waals surface area (Å²) < 4.78 is 4.94. The summed E-state index contributed by atoms with van der Waals surface area (Å²) in [4.78, 5) is 14.2. The summed E-state index contributed by atoms with van der Waals surface area (Å²) in [5.41, 5.74) is -0.453. The molecular formula is C12H24N2O2. The fourth-order valence-electron chi connectivity index (χ4n) is 2.05. The number of carbonyl (C=O) groups excluding carboxylic acids is 1. The molecule has 0 unspecified atom stereocenters. The average Bonchev–Trinajstić information content (AvgIpc) is 2.28. The van der Waals surface area contributed by atoms with Gasteiger partial charge in [0.1, 0.15) is 5.54 Å². The van der Waals surface area contributed by atoms with Gasteiger partial charge >= 0.3 is 5.97 Å². The minimum absolute atomic E-state index is 0.110. The zero-order valence-electron chi connectivity index (χ0n) is 10.9. The number of ether oxygens (including phenoxy) is 1. The summed E-state index contributed by atoms with van der Waals surface area (Å²) in [5.74, 6) is 0.433. The van der Waals surface area contributed by atoms with Crippen LogP contribution >= 0.6 is 0 Å². The molecule has 1 saturated heterocycles. The van der Waals surface area contributed by atoms with E-state index in [1.54, 1.807) is 0 Å². The lowest BCUT2D eigenvalue weighted by molar-refractivity contribution is -0.150. The highest BCUT2D eigenvalue weighted by molar-refractivity contribution is 5.81. The number of hydrogen-bond acceptors (Lipinski definition) is 4. The summed E-state index contributed by atoms with van der Waals surface area (Å²) >= 11 is 0. The van der Waals surface area contributed by atoms with Crippen LogP contribution in [-0.2, 0) is 9.53 Å². The van der Waals surface area contributed by atoms with Gasteiger partial charge in [0.25, 0.3) is 0 Å². The molecule has 1 N–H and O–H groups in total. The molecule has 1 aliphatic heterocycles. The van der Waals surface area contributed by atoms with Crippen molar-refractivity contribution in [1.29, 1.82) is 0 Å². The lowest BCUT2D eigenvalue weighted by Crippen LogP contribution is -2.59. The highest BCUT2D eigenvalue weighted by Gasteiger charge is 2.41. The Morgan fingerprint density at radius 2 is 2.00 bits per heavy atom. The zero-order chi connectivity index (χ0) is 12.2. The molecule has 0 aromatic heterocycles.